The van der Waals surface area contributed by atoms with E-state index < -0.39 is 32.2 Å². The minimum absolute atomic E-state index is 0.0872. The van der Waals surface area contributed by atoms with Crippen LogP contribution in [0.15, 0.2) is 81.3 Å². The van der Waals surface area contributed by atoms with Gasteiger partial charge < -0.3 is 10.4 Å². The van der Waals surface area contributed by atoms with Crippen LogP contribution in [-0.4, -0.2) is 29.0 Å². The number of rotatable bonds is 9. The number of sulfone groups is 1. The maximum atomic E-state index is 14.0. The number of fused-ring (bicyclic) bond motifs is 1. The molecule has 1 aliphatic carbocycles. The third-order valence-electron chi connectivity index (χ3n) is 8.15. The first-order chi connectivity index (χ1) is 20.7. The quantitative estimate of drug-likeness (QED) is 0.281. The van der Waals surface area contributed by atoms with Crippen molar-refractivity contribution in [3.05, 3.63) is 105 Å². The average Bonchev–Trinajstić information content (AvgIpc) is 3.78. The fraction of sp³-hybridized carbons (Fsp3) is 0.273. The highest BCUT2D eigenvalue weighted by Crippen LogP contribution is 2.46. The maximum absolute atomic E-state index is 14.0. The van der Waals surface area contributed by atoms with Crippen LogP contribution in [-0.2, 0) is 22.8 Å². The predicted octanol–water partition coefficient (Wildman–Crippen LogP) is 4.91. The van der Waals surface area contributed by atoms with Crippen molar-refractivity contribution in [3.8, 4) is 23.1 Å². The number of unbranched alkanes of at least 4 members (excludes halogenated alkanes) is 1. The molecule has 1 aromatic heterocycles. The molecule has 1 amide bonds. The molecule has 1 unspecified atom stereocenters. The Balaban J connectivity index is 1.47. The number of hydrogen-bond donors (Lipinski definition) is 2. The molecule has 218 valence electrons. The summed E-state index contributed by atoms with van der Waals surface area (Å²) in [7, 11) is -4.49. The summed E-state index contributed by atoms with van der Waals surface area (Å²) in [6.45, 7) is 2.43. The highest BCUT2D eigenvalue weighted by Gasteiger charge is 2.39. The normalized spacial score (nSPS) is 15.0. The zero-order chi connectivity index (χ0) is 30.3. The zero-order valence-electron chi connectivity index (χ0n) is 23.6. The molecular weight excluding hydrogens is 564 g/mol. The number of nitriles is 1. The lowest BCUT2D eigenvalue weighted by atomic mass is 9.97. The van der Waals surface area contributed by atoms with E-state index in [4.69, 9.17) is 0 Å². The first kappa shape index (κ1) is 28.4. The Hall–Kier alpha value is -4.75. The molecule has 1 aliphatic heterocycles. The topological polar surface area (TPSA) is 142 Å². The van der Waals surface area contributed by atoms with Gasteiger partial charge in [0.05, 0.1) is 28.1 Å². The van der Waals surface area contributed by atoms with E-state index in [1.807, 2.05) is 25.1 Å². The van der Waals surface area contributed by atoms with Crippen molar-refractivity contribution in [2.24, 2.45) is 5.92 Å². The Morgan fingerprint density at radius 3 is 2.53 bits per heavy atom. The summed E-state index contributed by atoms with van der Waals surface area (Å²) in [6, 6.07) is 20.1. The van der Waals surface area contributed by atoms with E-state index in [2.05, 4.69) is 16.4 Å². The van der Waals surface area contributed by atoms with Crippen molar-refractivity contribution in [2.45, 2.75) is 61.4 Å². The van der Waals surface area contributed by atoms with Crippen LogP contribution in [0.3, 0.4) is 0 Å². The number of aromatic nitrogens is 2. The van der Waals surface area contributed by atoms with Gasteiger partial charge in [-0.25, -0.2) is 8.42 Å². The minimum atomic E-state index is -4.49. The summed E-state index contributed by atoms with van der Waals surface area (Å²) in [6.07, 6.45) is 3.59. The fourth-order valence-electron chi connectivity index (χ4n) is 5.88. The minimum Gasteiger partial charge on any atom is -0.493 e. The van der Waals surface area contributed by atoms with Gasteiger partial charge in [-0.1, -0.05) is 55.8 Å². The lowest BCUT2D eigenvalue weighted by Crippen LogP contribution is -2.28. The second-order valence-corrected chi connectivity index (χ2v) is 12.9. The molecule has 2 heterocycles. The van der Waals surface area contributed by atoms with Crippen LogP contribution >= 0.6 is 0 Å². The summed E-state index contributed by atoms with van der Waals surface area (Å²) < 4.78 is 29.4. The number of aromatic hydroxyl groups is 1. The molecule has 2 N–H and O–H groups in total. The molecule has 4 aromatic rings. The van der Waals surface area contributed by atoms with Crippen LogP contribution in [0.25, 0.3) is 11.1 Å². The molecule has 0 saturated heterocycles. The van der Waals surface area contributed by atoms with Gasteiger partial charge in [-0.05, 0) is 71.7 Å². The molecule has 43 heavy (non-hydrogen) atoms. The smallest absolute Gasteiger partial charge is 0.296 e. The number of nitrogens with one attached hydrogen (secondary N) is 1. The van der Waals surface area contributed by atoms with E-state index in [0.717, 1.165) is 30.4 Å². The van der Waals surface area contributed by atoms with Gasteiger partial charge in [0.2, 0.25) is 15.7 Å². The van der Waals surface area contributed by atoms with Crippen LogP contribution < -0.4 is 10.9 Å². The molecule has 1 atom stereocenters. The standard InChI is InChI=1S/C33H30N4O5S/c1-2-3-10-27-36-32(39)30(33(40)37(27)29(22-11-12-22)23-7-4-6-20(17-23)18-34)43(41,42)25-15-13-21(14-16-25)26-9-5-8-24-19-35-31(38)28(24)26/h4-9,13-17,22,29,40H,2-3,10-12,19H2,1H3,(H,35,38). The molecule has 0 spiro atoms. The fourth-order valence-corrected chi connectivity index (χ4v) is 7.22. The first-order valence-corrected chi connectivity index (χ1v) is 15.8. The molecular formula is C33H30N4O5S. The number of aryl methyl sites for hydroxylation is 1. The van der Waals surface area contributed by atoms with Gasteiger partial charge >= 0.3 is 0 Å². The Kier molecular flexibility index (Phi) is 7.36. The van der Waals surface area contributed by atoms with E-state index in [9.17, 15) is 28.4 Å². The Morgan fingerprint density at radius 2 is 1.84 bits per heavy atom. The Bertz CT molecular complexity index is 1950. The van der Waals surface area contributed by atoms with Crippen molar-refractivity contribution in [2.75, 3.05) is 0 Å². The molecule has 0 bridgehead atoms. The van der Waals surface area contributed by atoms with Crippen molar-refractivity contribution in [1.29, 1.82) is 5.26 Å². The number of hydrogen-bond acceptors (Lipinski definition) is 7. The largest absolute Gasteiger partial charge is 0.493 e. The van der Waals surface area contributed by atoms with E-state index in [1.54, 1.807) is 36.4 Å². The molecule has 1 saturated carbocycles. The molecule has 3 aromatic carbocycles. The summed E-state index contributed by atoms with van der Waals surface area (Å²) in [5.41, 5.74) is 2.92. The van der Waals surface area contributed by atoms with Crippen LogP contribution in [0.4, 0.5) is 0 Å². The second kappa shape index (κ2) is 11.2. The van der Waals surface area contributed by atoms with Crippen LogP contribution in [0, 0.1) is 17.2 Å². The van der Waals surface area contributed by atoms with E-state index in [0.29, 0.717) is 47.5 Å². The van der Waals surface area contributed by atoms with Crippen molar-refractivity contribution in [3.63, 3.8) is 0 Å². The predicted molar refractivity (Wildman–Crippen MR) is 159 cm³/mol. The van der Waals surface area contributed by atoms with Gasteiger partial charge in [0.15, 0.2) is 4.90 Å². The van der Waals surface area contributed by atoms with Crippen molar-refractivity contribution in [1.82, 2.24) is 14.9 Å². The molecule has 10 heteroatoms. The summed E-state index contributed by atoms with van der Waals surface area (Å²) in [5, 5.41) is 24.0. The summed E-state index contributed by atoms with van der Waals surface area (Å²) in [4.78, 5) is 29.0. The van der Waals surface area contributed by atoms with Crippen LogP contribution in [0.2, 0.25) is 0 Å². The molecule has 2 aliphatic rings. The summed E-state index contributed by atoms with van der Waals surface area (Å²) in [5.74, 6) is -0.433. The highest BCUT2D eigenvalue weighted by molar-refractivity contribution is 7.91. The third kappa shape index (κ3) is 5.10. The second-order valence-electron chi connectivity index (χ2n) is 11.0. The van der Waals surface area contributed by atoms with Crippen LogP contribution in [0.5, 0.6) is 5.88 Å². The number of amides is 1. The lowest BCUT2D eigenvalue weighted by molar-refractivity contribution is 0.0966. The number of carbonyl (C=O) groups excluding carboxylic acids is 1. The Labute approximate surface area is 249 Å². The van der Waals surface area contributed by atoms with Gasteiger partial charge in [-0.15, -0.1) is 0 Å². The van der Waals surface area contributed by atoms with Gasteiger partial charge in [0, 0.05) is 13.0 Å². The number of benzene rings is 3. The molecule has 6 rings (SSSR count). The number of nitrogens with zero attached hydrogens (tertiary/aromatic N) is 3. The number of carbonyl (C=O) groups is 1. The van der Waals surface area contributed by atoms with Crippen LogP contribution in [0.1, 0.15) is 71.5 Å². The van der Waals surface area contributed by atoms with Crippen molar-refractivity contribution >= 4 is 15.7 Å². The van der Waals surface area contributed by atoms with E-state index >= 15 is 0 Å². The maximum Gasteiger partial charge on any atom is 0.296 e. The SMILES string of the molecule is CCCCc1nc(=O)c(S(=O)(=O)c2ccc(-c3cccc4c3C(=O)NC4)cc2)c(O)n1C(c1cccc(C#N)c1)C1CC1. The average molecular weight is 595 g/mol. The van der Waals surface area contributed by atoms with E-state index in [1.165, 1.54) is 16.7 Å². The first-order valence-electron chi connectivity index (χ1n) is 14.3. The van der Waals surface area contributed by atoms with E-state index in [-0.39, 0.29) is 16.7 Å². The zero-order valence-corrected chi connectivity index (χ0v) is 24.4. The van der Waals surface area contributed by atoms with Gasteiger partial charge in [0.1, 0.15) is 5.82 Å². The van der Waals surface area contributed by atoms with Gasteiger partial charge in [0.25, 0.3) is 11.5 Å². The highest BCUT2D eigenvalue weighted by atomic mass is 32.2. The molecule has 0 radical (unpaired) electrons. The summed E-state index contributed by atoms with van der Waals surface area (Å²) >= 11 is 0. The Morgan fingerprint density at radius 1 is 1.09 bits per heavy atom. The van der Waals surface area contributed by atoms with Gasteiger partial charge in [-0.3, -0.25) is 14.2 Å². The monoisotopic (exact) mass is 594 g/mol. The third-order valence-corrected chi connectivity index (χ3v) is 9.94. The van der Waals surface area contributed by atoms with Crippen molar-refractivity contribution < 1.29 is 18.3 Å². The lowest BCUT2D eigenvalue weighted by Gasteiger charge is -2.26. The van der Waals surface area contributed by atoms with Gasteiger partial charge in [-0.2, -0.15) is 10.2 Å². The molecule has 9 nitrogen and oxygen atoms in total. The molecule has 1 fully saturated rings.